The van der Waals surface area contributed by atoms with Gasteiger partial charge in [0, 0.05) is 10.2 Å². The Labute approximate surface area is 141 Å². The molecule has 21 heavy (non-hydrogen) atoms. The molecule has 0 amide bonds. The van der Waals surface area contributed by atoms with E-state index in [2.05, 4.69) is 22.9 Å². The summed E-state index contributed by atoms with van der Waals surface area (Å²) in [5, 5.41) is 9.88. The van der Waals surface area contributed by atoms with E-state index < -0.39 is 6.10 Å². The van der Waals surface area contributed by atoms with Gasteiger partial charge in [-0.05, 0) is 36.4 Å². The molecule has 0 saturated heterocycles. The van der Waals surface area contributed by atoms with Crippen molar-refractivity contribution in [2.45, 2.75) is 51.6 Å². The van der Waals surface area contributed by atoms with Crippen molar-refractivity contribution >= 4 is 27.7 Å². The molecule has 1 rings (SSSR count). The molecule has 0 spiro atoms. The molecule has 0 saturated carbocycles. The molecule has 0 fully saturated rings. The van der Waals surface area contributed by atoms with Crippen LogP contribution >= 0.6 is 27.7 Å². The first-order valence-electron chi connectivity index (χ1n) is 7.86. The molecule has 1 unspecified atom stereocenters. The Morgan fingerprint density at radius 1 is 1.10 bits per heavy atom. The van der Waals surface area contributed by atoms with Gasteiger partial charge in [0.2, 0.25) is 0 Å². The van der Waals surface area contributed by atoms with Gasteiger partial charge in [0.05, 0.1) is 6.10 Å². The molecule has 2 nitrogen and oxygen atoms in total. The van der Waals surface area contributed by atoms with Crippen molar-refractivity contribution in [3.63, 3.8) is 0 Å². The van der Waals surface area contributed by atoms with E-state index in [9.17, 15) is 5.11 Å². The summed E-state index contributed by atoms with van der Waals surface area (Å²) in [7, 11) is 0. The second-order valence-corrected chi connectivity index (χ2v) is 7.33. The van der Waals surface area contributed by atoms with Gasteiger partial charge in [-0.2, -0.15) is 11.8 Å². The van der Waals surface area contributed by atoms with Crippen molar-refractivity contribution in [2.24, 2.45) is 0 Å². The van der Waals surface area contributed by atoms with Gasteiger partial charge < -0.3 is 9.84 Å². The number of unbranched alkanes of at least 4 members (excludes halogenated alkanes) is 5. The fraction of sp³-hybridized carbons (Fsp3) is 0.647. The Morgan fingerprint density at radius 2 is 1.76 bits per heavy atom. The van der Waals surface area contributed by atoms with Crippen LogP contribution in [0.4, 0.5) is 0 Å². The van der Waals surface area contributed by atoms with Crippen molar-refractivity contribution in [1.82, 2.24) is 0 Å². The normalized spacial score (nSPS) is 12.3. The van der Waals surface area contributed by atoms with Crippen molar-refractivity contribution < 1.29 is 9.84 Å². The van der Waals surface area contributed by atoms with Gasteiger partial charge in [-0.1, -0.05) is 55.0 Å². The lowest BCUT2D eigenvalue weighted by atomic mass is 10.1. The Balaban J connectivity index is 1.96. The molecule has 120 valence electrons. The molecular formula is C17H27BrO2S. The third kappa shape index (κ3) is 10.2. The first-order valence-corrected chi connectivity index (χ1v) is 9.81. The number of hydrogen-bond acceptors (Lipinski definition) is 3. The predicted octanol–water partition coefficient (Wildman–Crippen LogP) is 5.28. The van der Waals surface area contributed by atoms with Crippen LogP contribution in [-0.2, 0) is 0 Å². The van der Waals surface area contributed by atoms with E-state index in [1.807, 2.05) is 36.0 Å². The fourth-order valence-corrected chi connectivity index (χ4v) is 3.18. The maximum Gasteiger partial charge on any atom is 0.119 e. The summed E-state index contributed by atoms with van der Waals surface area (Å²) < 4.78 is 6.59. The van der Waals surface area contributed by atoms with Gasteiger partial charge in [-0.25, -0.2) is 0 Å². The van der Waals surface area contributed by atoms with E-state index in [0.717, 1.165) is 21.7 Å². The number of aliphatic hydroxyl groups is 1. The topological polar surface area (TPSA) is 29.5 Å². The van der Waals surface area contributed by atoms with Crippen molar-refractivity contribution in [3.05, 3.63) is 28.7 Å². The fourth-order valence-electron chi connectivity index (χ4n) is 1.98. The van der Waals surface area contributed by atoms with E-state index in [1.165, 1.54) is 38.5 Å². The van der Waals surface area contributed by atoms with E-state index >= 15 is 0 Å². The largest absolute Gasteiger partial charge is 0.491 e. The lowest BCUT2D eigenvalue weighted by Crippen LogP contribution is -2.20. The van der Waals surface area contributed by atoms with E-state index in [1.54, 1.807) is 0 Å². The van der Waals surface area contributed by atoms with Gasteiger partial charge >= 0.3 is 0 Å². The molecule has 0 aliphatic heterocycles. The summed E-state index contributed by atoms with van der Waals surface area (Å²) in [4.78, 5) is 0. The maximum atomic E-state index is 9.88. The lowest BCUT2D eigenvalue weighted by molar-refractivity contribution is 0.126. The second kappa shape index (κ2) is 12.4. The number of aliphatic hydroxyl groups excluding tert-OH is 1. The van der Waals surface area contributed by atoms with Crippen LogP contribution in [0.3, 0.4) is 0 Å². The van der Waals surface area contributed by atoms with Crippen LogP contribution in [0.5, 0.6) is 5.75 Å². The Bertz CT molecular complexity index is 356. The molecule has 0 heterocycles. The quantitative estimate of drug-likeness (QED) is 0.504. The van der Waals surface area contributed by atoms with Crippen LogP contribution in [0.25, 0.3) is 0 Å². The minimum atomic E-state index is -0.390. The SMILES string of the molecule is CCCCCCCCSCC(O)COc1ccc(Br)cc1. The first-order chi connectivity index (χ1) is 10.2. The third-order valence-corrected chi connectivity index (χ3v) is 4.93. The van der Waals surface area contributed by atoms with Gasteiger partial charge in [-0.15, -0.1) is 0 Å². The maximum absolute atomic E-state index is 9.88. The molecule has 0 aliphatic rings. The zero-order valence-electron chi connectivity index (χ0n) is 12.9. The van der Waals surface area contributed by atoms with E-state index in [4.69, 9.17) is 4.74 Å². The highest BCUT2D eigenvalue weighted by Crippen LogP contribution is 2.17. The van der Waals surface area contributed by atoms with E-state index in [-0.39, 0.29) is 0 Å². The highest BCUT2D eigenvalue weighted by atomic mass is 79.9. The third-order valence-electron chi connectivity index (χ3n) is 3.21. The monoisotopic (exact) mass is 374 g/mol. The van der Waals surface area contributed by atoms with Gasteiger partial charge in [-0.3, -0.25) is 0 Å². The zero-order valence-corrected chi connectivity index (χ0v) is 15.3. The summed E-state index contributed by atoms with van der Waals surface area (Å²) in [5.41, 5.74) is 0. The van der Waals surface area contributed by atoms with Crippen molar-refractivity contribution in [1.29, 1.82) is 0 Å². The van der Waals surface area contributed by atoms with Crippen LogP contribution in [0.2, 0.25) is 0 Å². The summed E-state index contributed by atoms with van der Waals surface area (Å²) in [6.45, 7) is 2.61. The first kappa shape index (κ1) is 18.9. The predicted molar refractivity (Wildman–Crippen MR) is 96.3 cm³/mol. The van der Waals surface area contributed by atoms with Crippen LogP contribution in [0.1, 0.15) is 45.4 Å². The summed E-state index contributed by atoms with van der Waals surface area (Å²) >= 11 is 5.21. The van der Waals surface area contributed by atoms with Gasteiger partial charge in [0.15, 0.2) is 0 Å². The minimum absolute atomic E-state index is 0.366. The molecule has 1 aromatic rings. The lowest BCUT2D eigenvalue weighted by Gasteiger charge is -2.12. The van der Waals surface area contributed by atoms with Crippen LogP contribution in [0.15, 0.2) is 28.7 Å². The molecule has 1 N–H and O–H groups in total. The number of ether oxygens (including phenoxy) is 1. The van der Waals surface area contributed by atoms with Crippen LogP contribution in [0, 0.1) is 0 Å². The summed E-state index contributed by atoms with van der Waals surface area (Å²) in [6.07, 6.45) is 7.57. The Morgan fingerprint density at radius 3 is 2.48 bits per heavy atom. The molecule has 4 heteroatoms. The van der Waals surface area contributed by atoms with Crippen molar-refractivity contribution in [2.75, 3.05) is 18.1 Å². The van der Waals surface area contributed by atoms with Gasteiger partial charge in [0.25, 0.3) is 0 Å². The zero-order chi connectivity index (χ0) is 15.3. The number of halogens is 1. The number of rotatable bonds is 12. The van der Waals surface area contributed by atoms with E-state index in [0.29, 0.717) is 6.61 Å². The van der Waals surface area contributed by atoms with Gasteiger partial charge in [0.1, 0.15) is 12.4 Å². The Hall–Kier alpha value is -0.190. The number of thioether (sulfide) groups is 1. The average molecular weight is 375 g/mol. The summed E-state index contributed by atoms with van der Waals surface area (Å²) in [6, 6.07) is 7.69. The minimum Gasteiger partial charge on any atom is -0.491 e. The summed E-state index contributed by atoms with van der Waals surface area (Å²) in [5.74, 6) is 2.70. The molecule has 0 bridgehead atoms. The molecule has 1 aromatic carbocycles. The van der Waals surface area contributed by atoms with Crippen LogP contribution in [-0.4, -0.2) is 29.3 Å². The number of hydrogen-bond donors (Lipinski definition) is 1. The standard InChI is InChI=1S/C17H27BrO2S/c1-2-3-4-5-6-7-12-21-14-16(19)13-20-17-10-8-15(18)9-11-17/h8-11,16,19H,2-7,12-14H2,1H3. The second-order valence-electron chi connectivity index (χ2n) is 5.26. The average Bonchev–Trinajstić information content (AvgIpc) is 2.49. The Kier molecular flexibility index (Phi) is 11.1. The highest BCUT2D eigenvalue weighted by molar-refractivity contribution is 9.10. The molecular weight excluding hydrogens is 348 g/mol. The molecule has 1 atom stereocenters. The highest BCUT2D eigenvalue weighted by Gasteiger charge is 2.05. The van der Waals surface area contributed by atoms with Crippen LogP contribution < -0.4 is 4.74 Å². The smallest absolute Gasteiger partial charge is 0.119 e. The molecule has 0 aromatic heterocycles. The number of benzene rings is 1. The molecule has 0 aliphatic carbocycles. The molecule has 0 radical (unpaired) electrons. The van der Waals surface area contributed by atoms with Crippen molar-refractivity contribution in [3.8, 4) is 5.75 Å².